The molecule has 1 N–H and O–H groups in total. The fourth-order valence-corrected chi connectivity index (χ4v) is 4.39. The molecule has 0 saturated carbocycles. The third kappa shape index (κ3) is 5.68. The van der Waals surface area contributed by atoms with Gasteiger partial charge in [-0.2, -0.15) is 0 Å². The molecule has 1 heterocycles. The first-order chi connectivity index (χ1) is 15.3. The van der Waals surface area contributed by atoms with E-state index in [0.717, 1.165) is 20.2 Å². The molecule has 2 aromatic carbocycles. The van der Waals surface area contributed by atoms with Crippen molar-refractivity contribution in [2.45, 2.75) is 0 Å². The number of amides is 3. The molecule has 0 unspecified atom stereocenters. The number of imide groups is 1. The Morgan fingerprint density at radius 3 is 2.66 bits per heavy atom. The van der Waals surface area contributed by atoms with Crippen molar-refractivity contribution in [3.63, 3.8) is 0 Å². The minimum absolute atomic E-state index is 0.183. The highest BCUT2D eigenvalue weighted by Gasteiger charge is 2.36. The Bertz CT molecular complexity index is 1100. The van der Waals surface area contributed by atoms with E-state index in [1.54, 1.807) is 24.3 Å². The summed E-state index contributed by atoms with van der Waals surface area (Å²) in [4.78, 5) is 38.3. The van der Waals surface area contributed by atoms with Crippen molar-refractivity contribution in [3.8, 4) is 11.5 Å². The van der Waals surface area contributed by atoms with Crippen LogP contribution in [0, 0.1) is 9.39 Å². The van der Waals surface area contributed by atoms with Crippen LogP contribution < -0.4 is 14.8 Å². The quantitative estimate of drug-likeness (QED) is 0.283. The lowest BCUT2D eigenvalue weighted by Crippen LogP contribution is -2.36. The first-order valence-corrected chi connectivity index (χ1v) is 11.1. The van der Waals surface area contributed by atoms with Gasteiger partial charge in [-0.1, -0.05) is 12.7 Å². The van der Waals surface area contributed by atoms with E-state index in [1.807, 2.05) is 0 Å². The second-order valence-corrected chi connectivity index (χ2v) is 8.61. The van der Waals surface area contributed by atoms with E-state index in [9.17, 15) is 18.8 Å². The third-order valence-corrected chi connectivity index (χ3v) is 5.91. The highest BCUT2D eigenvalue weighted by atomic mass is 127. The lowest BCUT2D eigenvalue weighted by Gasteiger charge is -2.13. The number of nitrogens with one attached hydrogen (secondary N) is 1. The number of hydrogen-bond acceptors (Lipinski definition) is 6. The lowest BCUT2D eigenvalue weighted by atomic mass is 10.2. The summed E-state index contributed by atoms with van der Waals surface area (Å²) in [5, 5.41) is 1.98. The van der Waals surface area contributed by atoms with Gasteiger partial charge >= 0.3 is 0 Å². The minimum Gasteiger partial charge on any atom is -0.493 e. The van der Waals surface area contributed by atoms with Crippen LogP contribution >= 0.6 is 34.4 Å². The molecule has 166 valence electrons. The Morgan fingerprint density at radius 2 is 2.00 bits per heavy atom. The third-order valence-electron chi connectivity index (χ3n) is 4.20. The van der Waals surface area contributed by atoms with Crippen LogP contribution in [0.1, 0.15) is 5.56 Å². The zero-order chi connectivity index (χ0) is 23.3. The van der Waals surface area contributed by atoms with Crippen molar-refractivity contribution in [2.75, 3.05) is 25.6 Å². The number of benzene rings is 2. The molecule has 0 aromatic heterocycles. The van der Waals surface area contributed by atoms with E-state index in [1.165, 1.54) is 31.4 Å². The number of rotatable bonds is 8. The molecule has 7 nitrogen and oxygen atoms in total. The first kappa shape index (κ1) is 23.8. The fourth-order valence-electron chi connectivity index (χ4n) is 2.77. The van der Waals surface area contributed by atoms with Crippen LogP contribution in [0.25, 0.3) is 6.08 Å². The number of hydrogen-bond donors (Lipinski definition) is 1. The number of thioether (sulfide) groups is 1. The maximum absolute atomic E-state index is 13.0. The molecule has 0 aliphatic carbocycles. The fraction of sp³-hybridized carbons (Fsp3) is 0.136. The molecule has 10 heteroatoms. The van der Waals surface area contributed by atoms with Crippen LogP contribution in [-0.4, -0.2) is 42.2 Å². The Hall–Kier alpha value is -2.86. The van der Waals surface area contributed by atoms with Gasteiger partial charge in [0.05, 0.1) is 15.6 Å². The molecule has 0 bridgehead atoms. The molecule has 1 aliphatic rings. The molecular formula is C22H18FIN2O5S. The molecule has 0 spiro atoms. The van der Waals surface area contributed by atoms with E-state index < -0.39 is 29.4 Å². The zero-order valence-corrected chi connectivity index (χ0v) is 19.9. The van der Waals surface area contributed by atoms with Gasteiger partial charge in [0.25, 0.3) is 11.1 Å². The Balaban J connectivity index is 1.74. The number of halogens is 2. The SMILES string of the molecule is C=CCOc1c(I)cc(/C=C2\SC(=O)N(CC(=O)Nc3ccc(F)cc3)C2=O)cc1OC. The van der Waals surface area contributed by atoms with E-state index >= 15 is 0 Å². The van der Waals surface area contributed by atoms with Gasteiger partial charge in [0.1, 0.15) is 19.0 Å². The van der Waals surface area contributed by atoms with Gasteiger partial charge in [-0.15, -0.1) is 0 Å². The van der Waals surface area contributed by atoms with Gasteiger partial charge < -0.3 is 14.8 Å². The average molecular weight is 568 g/mol. The lowest BCUT2D eigenvalue weighted by molar-refractivity contribution is -0.127. The van der Waals surface area contributed by atoms with Gasteiger partial charge in [-0.05, 0) is 82.4 Å². The second kappa shape index (κ2) is 10.6. The number of carbonyl (C=O) groups is 3. The summed E-state index contributed by atoms with van der Waals surface area (Å²) in [6.45, 7) is 3.48. The molecule has 1 saturated heterocycles. The molecule has 2 aromatic rings. The molecule has 0 atom stereocenters. The summed E-state index contributed by atoms with van der Waals surface area (Å²) >= 11 is 2.83. The average Bonchev–Trinajstić information content (AvgIpc) is 3.01. The van der Waals surface area contributed by atoms with Gasteiger partial charge in [0, 0.05) is 5.69 Å². The maximum Gasteiger partial charge on any atom is 0.294 e. The van der Waals surface area contributed by atoms with Crippen molar-refractivity contribution >= 4 is 63.2 Å². The molecule has 3 amide bonds. The van der Waals surface area contributed by atoms with Gasteiger partial charge in [0.15, 0.2) is 11.5 Å². The topological polar surface area (TPSA) is 84.9 Å². The van der Waals surface area contributed by atoms with Crippen LogP contribution in [0.4, 0.5) is 14.9 Å². The smallest absolute Gasteiger partial charge is 0.294 e. The Labute approximate surface area is 201 Å². The summed E-state index contributed by atoms with van der Waals surface area (Å²) in [5.74, 6) is -0.556. The maximum atomic E-state index is 13.0. The van der Waals surface area contributed by atoms with Crippen molar-refractivity contribution in [2.24, 2.45) is 0 Å². The minimum atomic E-state index is -0.574. The number of carbonyl (C=O) groups excluding carboxylic acids is 3. The van der Waals surface area contributed by atoms with Crippen molar-refractivity contribution in [3.05, 3.63) is 68.9 Å². The molecule has 32 heavy (non-hydrogen) atoms. The molecule has 1 aliphatic heterocycles. The van der Waals surface area contributed by atoms with E-state index in [0.29, 0.717) is 29.4 Å². The second-order valence-electron chi connectivity index (χ2n) is 6.46. The molecule has 1 fully saturated rings. The summed E-state index contributed by atoms with van der Waals surface area (Å²) in [5.41, 5.74) is 0.998. The van der Waals surface area contributed by atoms with Crippen LogP contribution in [-0.2, 0) is 9.59 Å². The van der Waals surface area contributed by atoms with Crippen molar-refractivity contribution < 1.29 is 28.2 Å². The Morgan fingerprint density at radius 1 is 1.28 bits per heavy atom. The molecular weight excluding hydrogens is 550 g/mol. The normalized spacial score (nSPS) is 14.6. The summed E-state index contributed by atoms with van der Waals surface area (Å²) in [6, 6.07) is 8.65. The number of anilines is 1. The van der Waals surface area contributed by atoms with Crippen LogP contribution in [0.2, 0.25) is 0 Å². The number of nitrogens with zero attached hydrogens (tertiary/aromatic N) is 1. The zero-order valence-electron chi connectivity index (χ0n) is 16.9. The summed E-state index contributed by atoms with van der Waals surface area (Å²) < 4.78 is 24.7. The number of methoxy groups -OCH3 is 1. The number of ether oxygens (including phenoxy) is 2. The van der Waals surface area contributed by atoms with E-state index in [2.05, 4.69) is 34.5 Å². The van der Waals surface area contributed by atoms with Crippen LogP contribution in [0.5, 0.6) is 11.5 Å². The van der Waals surface area contributed by atoms with Gasteiger partial charge in [-0.3, -0.25) is 19.3 Å². The predicted octanol–water partition coefficient (Wildman–Crippen LogP) is 4.68. The molecule has 0 radical (unpaired) electrons. The first-order valence-electron chi connectivity index (χ1n) is 9.24. The van der Waals surface area contributed by atoms with Crippen LogP contribution in [0.3, 0.4) is 0 Å². The van der Waals surface area contributed by atoms with E-state index in [-0.39, 0.29) is 4.91 Å². The largest absolute Gasteiger partial charge is 0.493 e. The standard InChI is InChI=1S/C22H18FIN2O5S/c1-3-8-31-20-16(24)9-13(10-17(20)30-2)11-18-21(28)26(22(29)32-18)12-19(27)25-15-6-4-14(23)5-7-15/h3-7,9-11H,1,8,12H2,2H3,(H,25,27)/b18-11-. The van der Waals surface area contributed by atoms with Crippen molar-refractivity contribution in [1.29, 1.82) is 0 Å². The highest BCUT2D eigenvalue weighted by molar-refractivity contribution is 14.1. The van der Waals surface area contributed by atoms with Crippen LogP contribution in [0.15, 0.2) is 54.0 Å². The highest BCUT2D eigenvalue weighted by Crippen LogP contribution is 2.37. The predicted molar refractivity (Wildman–Crippen MR) is 129 cm³/mol. The van der Waals surface area contributed by atoms with E-state index in [4.69, 9.17) is 9.47 Å². The summed E-state index contributed by atoms with van der Waals surface area (Å²) in [6.07, 6.45) is 3.18. The monoisotopic (exact) mass is 568 g/mol. The van der Waals surface area contributed by atoms with Gasteiger partial charge in [-0.25, -0.2) is 4.39 Å². The summed E-state index contributed by atoms with van der Waals surface area (Å²) in [7, 11) is 1.50. The molecule has 3 rings (SSSR count). The van der Waals surface area contributed by atoms with Crippen molar-refractivity contribution in [1.82, 2.24) is 4.90 Å². The van der Waals surface area contributed by atoms with Gasteiger partial charge in [0.2, 0.25) is 5.91 Å². The Kier molecular flexibility index (Phi) is 7.91.